The van der Waals surface area contributed by atoms with Crippen molar-refractivity contribution in [2.45, 2.75) is 31.4 Å². The number of nitrogens with one attached hydrogen (secondary N) is 1. The first kappa shape index (κ1) is 22.4. The van der Waals surface area contributed by atoms with E-state index in [4.69, 9.17) is 0 Å². The van der Waals surface area contributed by atoms with Crippen molar-refractivity contribution in [1.82, 2.24) is 10.2 Å². The Bertz CT molecular complexity index is 1000. The molecule has 2 aromatic rings. The zero-order chi connectivity index (χ0) is 23.0. The predicted molar refractivity (Wildman–Crippen MR) is 95.8 cm³/mol. The molecule has 5 nitrogen and oxygen atoms in total. The van der Waals surface area contributed by atoms with E-state index in [9.17, 15) is 41.0 Å². The van der Waals surface area contributed by atoms with Gasteiger partial charge < -0.3 is 15.3 Å². The molecule has 1 unspecified atom stereocenters. The molecule has 2 amide bonds. The quantitative estimate of drug-likeness (QED) is 0.699. The minimum atomic E-state index is -4.71. The van der Waals surface area contributed by atoms with Crippen LogP contribution < -0.4 is 5.32 Å². The van der Waals surface area contributed by atoms with Crippen LogP contribution in [0.5, 0.6) is 5.75 Å². The van der Waals surface area contributed by atoms with E-state index < -0.39 is 52.6 Å². The van der Waals surface area contributed by atoms with E-state index in [0.29, 0.717) is 12.1 Å². The van der Waals surface area contributed by atoms with E-state index in [1.54, 1.807) is 0 Å². The number of carbonyl (C=O) groups is 2. The summed E-state index contributed by atoms with van der Waals surface area (Å²) in [4.78, 5) is 26.0. The highest BCUT2D eigenvalue weighted by Crippen LogP contribution is 2.34. The van der Waals surface area contributed by atoms with Gasteiger partial charge in [-0.1, -0.05) is 18.2 Å². The average Bonchev–Trinajstić information content (AvgIpc) is 3.00. The number of carbonyl (C=O) groups excluding carboxylic acids is 2. The molecule has 1 fully saturated rings. The Morgan fingerprint density at radius 1 is 1.06 bits per heavy atom. The highest BCUT2D eigenvalue weighted by atomic mass is 19.4. The molecule has 1 aliphatic heterocycles. The van der Waals surface area contributed by atoms with Crippen LogP contribution in [0.2, 0.25) is 0 Å². The van der Waals surface area contributed by atoms with Crippen LogP contribution in [0.1, 0.15) is 33.5 Å². The number of halogens is 6. The Labute approximate surface area is 172 Å². The molecule has 0 aromatic heterocycles. The molecular formula is C20H16F6N2O3. The van der Waals surface area contributed by atoms with E-state index >= 15 is 0 Å². The normalized spacial score (nSPS) is 17.2. The molecule has 0 aliphatic carbocycles. The summed E-state index contributed by atoms with van der Waals surface area (Å²) in [5.74, 6) is -2.51. The third kappa shape index (κ3) is 4.92. The minimum absolute atomic E-state index is 0.0783. The molecular weight excluding hydrogens is 430 g/mol. The Balaban J connectivity index is 1.70. The molecule has 0 bridgehead atoms. The van der Waals surface area contributed by atoms with E-state index in [2.05, 4.69) is 5.32 Å². The predicted octanol–water partition coefficient (Wildman–Crippen LogP) is 3.96. The first-order valence-electron chi connectivity index (χ1n) is 9.03. The molecule has 3 rings (SSSR count). The lowest BCUT2D eigenvalue weighted by Crippen LogP contribution is -2.41. The van der Waals surface area contributed by atoms with Gasteiger partial charge in [-0.05, 0) is 36.2 Å². The Hall–Kier alpha value is -3.24. The molecule has 166 valence electrons. The number of phenolic OH excluding ortho intramolecular Hbond substituents is 1. The van der Waals surface area contributed by atoms with Gasteiger partial charge in [0, 0.05) is 13.1 Å². The smallest absolute Gasteiger partial charge is 0.416 e. The van der Waals surface area contributed by atoms with Gasteiger partial charge in [0.1, 0.15) is 11.8 Å². The number of nitrogens with zero attached hydrogens (tertiary/aromatic N) is 1. The second kappa shape index (κ2) is 8.12. The lowest BCUT2D eigenvalue weighted by molar-refractivity contribution is -0.139. The number of likely N-dealkylation sites (tertiary alicyclic amines) is 1. The summed E-state index contributed by atoms with van der Waals surface area (Å²) >= 11 is 0. The Morgan fingerprint density at radius 3 is 2.35 bits per heavy atom. The van der Waals surface area contributed by atoms with Crippen LogP contribution in [0.15, 0.2) is 42.5 Å². The molecule has 2 N–H and O–H groups in total. The standard InChI is InChI=1S/C20H16F6N2O3/c21-19(22,23)12-5-6-13(16(29)9-12)17(30)27-15-7-8-28(18(15)31)10-11-3-1-2-4-14(11)20(24,25)26/h1-6,9,15,29H,7-8,10H2,(H,27,30). The summed E-state index contributed by atoms with van der Waals surface area (Å²) in [6, 6.07) is 5.52. The number of alkyl halides is 6. The molecule has 31 heavy (non-hydrogen) atoms. The molecule has 1 atom stereocenters. The van der Waals surface area contributed by atoms with Gasteiger partial charge in [-0.2, -0.15) is 26.3 Å². The highest BCUT2D eigenvalue weighted by molar-refractivity contribution is 6.00. The SMILES string of the molecule is O=C(NC1CCN(Cc2ccccc2C(F)(F)F)C1=O)c1ccc(C(F)(F)F)cc1O. The highest BCUT2D eigenvalue weighted by Gasteiger charge is 2.37. The summed E-state index contributed by atoms with van der Waals surface area (Å²) in [7, 11) is 0. The van der Waals surface area contributed by atoms with Gasteiger partial charge in [-0.3, -0.25) is 9.59 Å². The number of phenols is 1. The maximum atomic E-state index is 13.1. The summed E-state index contributed by atoms with van der Waals surface area (Å²) < 4.78 is 77.4. The van der Waals surface area contributed by atoms with Gasteiger partial charge in [-0.25, -0.2) is 0 Å². The number of rotatable bonds is 4. The van der Waals surface area contributed by atoms with Crippen molar-refractivity contribution in [2.24, 2.45) is 0 Å². The van der Waals surface area contributed by atoms with E-state index in [1.165, 1.54) is 18.2 Å². The summed E-state index contributed by atoms with van der Waals surface area (Å²) in [6.45, 7) is -0.235. The maximum absolute atomic E-state index is 13.1. The van der Waals surface area contributed by atoms with E-state index in [1.807, 2.05) is 0 Å². The van der Waals surface area contributed by atoms with Crippen LogP contribution >= 0.6 is 0 Å². The lowest BCUT2D eigenvalue weighted by atomic mass is 10.1. The number of benzene rings is 2. The van der Waals surface area contributed by atoms with Crippen LogP contribution in [0.3, 0.4) is 0 Å². The van der Waals surface area contributed by atoms with Gasteiger partial charge in [0.25, 0.3) is 5.91 Å². The van der Waals surface area contributed by atoms with Crippen molar-refractivity contribution in [3.05, 3.63) is 64.7 Å². The van der Waals surface area contributed by atoms with Gasteiger partial charge in [0.15, 0.2) is 0 Å². The first-order valence-corrected chi connectivity index (χ1v) is 9.03. The van der Waals surface area contributed by atoms with Crippen LogP contribution in [0.4, 0.5) is 26.3 Å². The molecule has 1 heterocycles. The summed E-state index contributed by atoms with van der Waals surface area (Å²) in [6.07, 6.45) is -9.20. The molecule has 0 radical (unpaired) electrons. The largest absolute Gasteiger partial charge is 0.507 e. The van der Waals surface area contributed by atoms with Crippen LogP contribution in [-0.4, -0.2) is 34.4 Å². The van der Waals surface area contributed by atoms with E-state index in [0.717, 1.165) is 17.0 Å². The van der Waals surface area contributed by atoms with Crippen molar-refractivity contribution in [3.63, 3.8) is 0 Å². The van der Waals surface area contributed by atoms with Gasteiger partial charge in [0.05, 0.1) is 16.7 Å². The fraction of sp³-hybridized carbons (Fsp3) is 0.300. The molecule has 1 aliphatic rings. The Kier molecular flexibility index (Phi) is 5.88. The maximum Gasteiger partial charge on any atom is 0.416 e. The molecule has 0 spiro atoms. The van der Waals surface area contributed by atoms with Crippen molar-refractivity contribution >= 4 is 11.8 Å². The third-order valence-electron chi connectivity index (χ3n) is 4.86. The van der Waals surface area contributed by atoms with Crippen LogP contribution in [0, 0.1) is 0 Å². The topological polar surface area (TPSA) is 69.6 Å². The van der Waals surface area contributed by atoms with Crippen LogP contribution in [0.25, 0.3) is 0 Å². The number of aromatic hydroxyl groups is 1. The summed E-state index contributed by atoms with van der Waals surface area (Å²) in [5.41, 5.74) is -2.57. The number of hydrogen-bond donors (Lipinski definition) is 2. The van der Waals surface area contributed by atoms with Gasteiger partial charge >= 0.3 is 12.4 Å². The second-order valence-corrected chi connectivity index (χ2v) is 6.96. The van der Waals surface area contributed by atoms with Crippen molar-refractivity contribution in [2.75, 3.05) is 6.54 Å². The van der Waals surface area contributed by atoms with Crippen LogP contribution in [-0.2, 0) is 23.7 Å². The second-order valence-electron chi connectivity index (χ2n) is 6.96. The Morgan fingerprint density at radius 2 is 1.74 bits per heavy atom. The fourth-order valence-electron chi connectivity index (χ4n) is 3.31. The number of amides is 2. The zero-order valence-corrected chi connectivity index (χ0v) is 15.7. The van der Waals surface area contributed by atoms with Gasteiger partial charge in [0.2, 0.25) is 5.91 Å². The third-order valence-corrected chi connectivity index (χ3v) is 4.86. The van der Waals surface area contributed by atoms with E-state index in [-0.39, 0.29) is 25.1 Å². The van der Waals surface area contributed by atoms with Crippen molar-refractivity contribution in [1.29, 1.82) is 0 Å². The average molecular weight is 446 g/mol. The van der Waals surface area contributed by atoms with Crippen molar-refractivity contribution in [3.8, 4) is 5.75 Å². The molecule has 1 saturated heterocycles. The minimum Gasteiger partial charge on any atom is -0.507 e. The fourth-order valence-corrected chi connectivity index (χ4v) is 3.31. The molecule has 2 aromatic carbocycles. The monoisotopic (exact) mass is 446 g/mol. The lowest BCUT2D eigenvalue weighted by Gasteiger charge is -2.20. The number of hydrogen-bond acceptors (Lipinski definition) is 3. The van der Waals surface area contributed by atoms with Gasteiger partial charge in [-0.15, -0.1) is 0 Å². The molecule has 0 saturated carbocycles. The molecule has 11 heteroatoms. The zero-order valence-electron chi connectivity index (χ0n) is 15.7. The summed E-state index contributed by atoms with van der Waals surface area (Å²) in [5, 5.41) is 12.1. The first-order chi connectivity index (χ1) is 14.4. The van der Waals surface area contributed by atoms with Crippen molar-refractivity contribution < 1.29 is 41.0 Å².